The van der Waals surface area contributed by atoms with E-state index < -0.39 is 6.10 Å². The summed E-state index contributed by atoms with van der Waals surface area (Å²) < 4.78 is 6.86. The van der Waals surface area contributed by atoms with Crippen molar-refractivity contribution in [2.24, 2.45) is 0 Å². The second-order valence-electron chi connectivity index (χ2n) is 6.07. The second kappa shape index (κ2) is 7.97. The molecule has 1 aliphatic rings. The van der Waals surface area contributed by atoms with Crippen LogP contribution in [0.3, 0.4) is 0 Å². The van der Waals surface area contributed by atoms with E-state index in [1.807, 2.05) is 6.92 Å². The van der Waals surface area contributed by atoms with E-state index in [9.17, 15) is 14.4 Å². The van der Waals surface area contributed by atoms with E-state index in [1.165, 1.54) is 10.6 Å². The van der Waals surface area contributed by atoms with Gasteiger partial charge in [-0.05, 0) is 44.0 Å². The van der Waals surface area contributed by atoms with Crippen molar-refractivity contribution < 1.29 is 14.3 Å². The molecule has 1 aromatic carbocycles. The van der Waals surface area contributed by atoms with Crippen LogP contribution in [-0.2, 0) is 16.1 Å². The molecule has 1 unspecified atom stereocenters. The number of nitrogens with one attached hydrogen (secondary N) is 2. The number of aryl methyl sites for hydroxylation is 1. The Balaban J connectivity index is 1.69. The molecule has 0 radical (unpaired) electrons. The van der Waals surface area contributed by atoms with Gasteiger partial charge < -0.3 is 19.9 Å². The first kappa shape index (κ1) is 17.9. The first-order valence-corrected chi connectivity index (χ1v) is 8.61. The molecule has 1 aliphatic heterocycles. The minimum atomic E-state index is -0.428. The summed E-state index contributed by atoms with van der Waals surface area (Å²) in [4.78, 5) is 36.2. The molecule has 0 aliphatic carbocycles. The Morgan fingerprint density at radius 3 is 2.77 bits per heavy atom. The summed E-state index contributed by atoms with van der Waals surface area (Å²) in [5.74, 6) is -0.519. The van der Waals surface area contributed by atoms with Crippen molar-refractivity contribution in [1.82, 2.24) is 4.57 Å². The summed E-state index contributed by atoms with van der Waals surface area (Å²) in [6.45, 7) is 2.97. The molecule has 7 heteroatoms. The van der Waals surface area contributed by atoms with Crippen LogP contribution in [-0.4, -0.2) is 29.1 Å². The van der Waals surface area contributed by atoms with Gasteiger partial charge in [0.2, 0.25) is 0 Å². The van der Waals surface area contributed by atoms with Crippen molar-refractivity contribution >= 4 is 23.2 Å². The van der Waals surface area contributed by atoms with Crippen molar-refractivity contribution in [2.75, 3.05) is 17.2 Å². The van der Waals surface area contributed by atoms with Crippen LogP contribution < -0.4 is 16.2 Å². The van der Waals surface area contributed by atoms with E-state index in [0.29, 0.717) is 36.5 Å². The van der Waals surface area contributed by atoms with Gasteiger partial charge in [0.1, 0.15) is 6.10 Å². The van der Waals surface area contributed by atoms with Crippen LogP contribution >= 0.6 is 0 Å². The largest absolute Gasteiger partial charge is 0.368 e. The van der Waals surface area contributed by atoms with Crippen molar-refractivity contribution in [3.63, 3.8) is 0 Å². The van der Waals surface area contributed by atoms with E-state index in [4.69, 9.17) is 4.74 Å². The van der Waals surface area contributed by atoms with Crippen LogP contribution in [0.25, 0.3) is 0 Å². The minimum Gasteiger partial charge on any atom is -0.368 e. The van der Waals surface area contributed by atoms with Crippen LogP contribution in [0.4, 0.5) is 11.4 Å². The third-order valence-corrected chi connectivity index (χ3v) is 4.20. The normalized spacial score (nSPS) is 16.3. The lowest BCUT2D eigenvalue weighted by molar-refractivity contribution is -0.124. The zero-order valence-electron chi connectivity index (χ0n) is 14.5. The molecule has 2 heterocycles. The Bertz CT molecular complexity index is 869. The molecule has 1 aromatic heterocycles. The monoisotopic (exact) mass is 355 g/mol. The van der Waals surface area contributed by atoms with Gasteiger partial charge in [-0.25, -0.2) is 0 Å². The number of hydrogen-bond donors (Lipinski definition) is 2. The van der Waals surface area contributed by atoms with Crippen LogP contribution in [0, 0.1) is 0 Å². The highest BCUT2D eigenvalue weighted by Gasteiger charge is 2.23. The summed E-state index contributed by atoms with van der Waals surface area (Å²) in [6.07, 6.45) is 2.76. The summed E-state index contributed by atoms with van der Waals surface area (Å²) in [5.41, 5.74) is 1.36. The van der Waals surface area contributed by atoms with Gasteiger partial charge in [0.05, 0.1) is 5.69 Å². The Labute approximate surface area is 151 Å². The fourth-order valence-corrected chi connectivity index (χ4v) is 2.80. The number of rotatable bonds is 5. The molecule has 1 atom stereocenters. The fraction of sp³-hybridized carbons (Fsp3) is 0.316. The van der Waals surface area contributed by atoms with Gasteiger partial charge in [-0.1, -0.05) is 6.07 Å². The molecule has 26 heavy (non-hydrogen) atoms. The number of carbonyl (C=O) groups excluding carboxylic acids is 2. The number of pyridine rings is 1. The van der Waals surface area contributed by atoms with E-state index in [2.05, 4.69) is 10.6 Å². The molecule has 7 nitrogen and oxygen atoms in total. The number of benzene rings is 1. The molecule has 0 bridgehead atoms. The van der Waals surface area contributed by atoms with Gasteiger partial charge in [0, 0.05) is 36.7 Å². The molecule has 3 rings (SSSR count). The first-order valence-electron chi connectivity index (χ1n) is 8.61. The van der Waals surface area contributed by atoms with Gasteiger partial charge in [0.15, 0.2) is 0 Å². The zero-order chi connectivity index (χ0) is 18.5. The van der Waals surface area contributed by atoms with Gasteiger partial charge in [-0.2, -0.15) is 0 Å². The number of anilines is 2. The number of amides is 2. The highest BCUT2D eigenvalue weighted by atomic mass is 16.5. The summed E-state index contributed by atoms with van der Waals surface area (Å²) in [5, 5.41) is 5.54. The maximum atomic E-state index is 12.5. The highest BCUT2D eigenvalue weighted by Crippen LogP contribution is 2.17. The van der Waals surface area contributed by atoms with Gasteiger partial charge in [-0.15, -0.1) is 0 Å². The Morgan fingerprint density at radius 2 is 2.04 bits per heavy atom. The standard InChI is InChI=1S/C19H21N3O4/c1-2-22-12-15(8-9-17(22)23)21-18(24)13-5-3-6-14(11-13)20-19(25)16-7-4-10-26-16/h3,5-6,8-9,11-12,16H,2,4,7,10H2,1H3,(H,20,25)(H,21,24). The smallest absolute Gasteiger partial charge is 0.255 e. The Kier molecular flexibility index (Phi) is 5.48. The molecule has 136 valence electrons. The van der Waals surface area contributed by atoms with Crippen LogP contribution in [0.15, 0.2) is 47.4 Å². The lowest BCUT2D eigenvalue weighted by Gasteiger charge is -2.12. The van der Waals surface area contributed by atoms with Crippen molar-refractivity contribution in [1.29, 1.82) is 0 Å². The fourth-order valence-electron chi connectivity index (χ4n) is 2.80. The predicted octanol–water partition coefficient (Wildman–Crippen LogP) is 2.24. The maximum absolute atomic E-state index is 12.5. The van der Waals surface area contributed by atoms with E-state index in [0.717, 1.165) is 6.42 Å². The molecule has 2 amide bonds. The average molecular weight is 355 g/mol. The SMILES string of the molecule is CCn1cc(NC(=O)c2cccc(NC(=O)C3CCCO3)c2)ccc1=O. The number of ether oxygens (including phenoxy) is 1. The molecule has 2 N–H and O–H groups in total. The quantitative estimate of drug-likeness (QED) is 0.861. The van der Waals surface area contributed by atoms with Crippen LogP contribution in [0.2, 0.25) is 0 Å². The number of aromatic nitrogens is 1. The van der Waals surface area contributed by atoms with Crippen LogP contribution in [0.5, 0.6) is 0 Å². The summed E-state index contributed by atoms with van der Waals surface area (Å²) in [6, 6.07) is 9.67. The van der Waals surface area contributed by atoms with Gasteiger partial charge >= 0.3 is 0 Å². The first-order chi connectivity index (χ1) is 12.6. The zero-order valence-corrected chi connectivity index (χ0v) is 14.5. The van der Waals surface area contributed by atoms with Gasteiger partial charge in [0.25, 0.3) is 17.4 Å². The van der Waals surface area contributed by atoms with Crippen molar-refractivity contribution in [2.45, 2.75) is 32.4 Å². The second-order valence-corrected chi connectivity index (χ2v) is 6.07. The van der Waals surface area contributed by atoms with Gasteiger partial charge in [-0.3, -0.25) is 14.4 Å². The molecule has 1 saturated heterocycles. The highest BCUT2D eigenvalue weighted by molar-refractivity contribution is 6.05. The lowest BCUT2D eigenvalue weighted by atomic mass is 10.1. The summed E-state index contributed by atoms with van der Waals surface area (Å²) in [7, 11) is 0. The van der Waals surface area contributed by atoms with E-state index >= 15 is 0 Å². The Morgan fingerprint density at radius 1 is 1.19 bits per heavy atom. The maximum Gasteiger partial charge on any atom is 0.255 e. The number of carbonyl (C=O) groups is 2. The topological polar surface area (TPSA) is 89.4 Å². The minimum absolute atomic E-state index is 0.121. The predicted molar refractivity (Wildman–Crippen MR) is 98.4 cm³/mol. The van der Waals surface area contributed by atoms with Crippen molar-refractivity contribution in [3.05, 3.63) is 58.5 Å². The molecule has 0 spiro atoms. The number of nitrogens with zero attached hydrogens (tertiary/aromatic N) is 1. The summed E-state index contributed by atoms with van der Waals surface area (Å²) >= 11 is 0. The molecular formula is C19H21N3O4. The molecule has 1 fully saturated rings. The molecule has 2 aromatic rings. The molecular weight excluding hydrogens is 334 g/mol. The van der Waals surface area contributed by atoms with E-state index in [1.54, 1.807) is 36.5 Å². The number of hydrogen-bond acceptors (Lipinski definition) is 4. The molecule has 0 saturated carbocycles. The lowest BCUT2D eigenvalue weighted by Crippen LogP contribution is -2.27. The van der Waals surface area contributed by atoms with E-state index in [-0.39, 0.29) is 17.4 Å². The Hall–Kier alpha value is -2.93. The third kappa shape index (κ3) is 4.18. The van der Waals surface area contributed by atoms with Crippen LogP contribution in [0.1, 0.15) is 30.1 Å². The average Bonchev–Trinajstić information content (AvgIpc) is 3.18. The third-order valence-electron chi connectivity index (χ3n) is 4.20. The van der Waals surface area contributed by atoms with Crippen molar-refractivity contribution in [3.8, 4) is 0 Å².